The van der Waals surface area contributed by atoms with Crippen LogP contribution in [-0.2, 0) is 11.2 Å². The fourth-order valence-corrected chi connectivity index (χ4v) is 1.82. The number of aromatic amines is 1. The number of aromatic nitrogens is 2. The SMILES string of the molecule is NC(=S)c1cn[nH]c1NC(=O)Cc1ccc(Cl)cc1. The fraction of sp³-hybridized carbons (Fsp3) is 0.0833. The number of nitrogens with one attached hydrogen (secondary N) is 2. The lowest BCUT2D eigenvalue weighted by Gasteiger charge is -2.05. The van der Waals surface area contributed by atoms with Crippen molar-refractivity contribution >= 4 is 40.5 Å². The van der Waals surface area contributed by atoms with Gasteiger partial charge in [0.1, 0.15) is 10.8 Å². The van der Waals surface area contributed by atoms with Gasteiger partial charge in [-0.25, -0.2) is 0 Å². The number of H-pyrrole nitrogens is 1. The smallest absolute Gasteiger partial charge is 0.229 e. The molecule has 0 saturated heterocycles. The van der Waals surface area contributed by atoms with Crippen molar-refractivity contribution in [1.82, 2.24) is 10.2 Å². The normalized spacial score (nSPS) is 10.2. The minimum atomic E-state index is -0.191. The molecule has 0 spiro atoms. The average Bonchev–Trinajstić information content (AvgIpc) is 2.80. The van der Waals surface area contributed by atoms with E-state index in [2.05, 4.69) is 15.5 Å². The van der Waals surface area contributed by atoms with Gasteiger partial charge in [0.25, 0.3) is 0 Å². The Bertz CT molecular complexity index is 608. The second-order valence-corrected chi connectivity index (χ2v) is 4.75. The summed E-state index contributed by atoms with van der Waals surface area (Å²) < 4.78 is 0. The first kappa shape index (κ1) is 13.5. The van der Waals surface area contributed by atoms with Crippen molar-refractivity contribution in [2.45, 2.75) is 6.42 Å². The van der Waals surface area contributed by atoms with Crippen molar-refractivity contribution < 1.29 is 4.79 Å². The van der Waals surface area contributed by atoms with Crippen molar-refractivity contribution in [3.63, 3.8) is 0 Å². The third kappa shape index (κ3) is 3.52. The molecule has 7 heteroatoms. The summed E-state index contributed by atoms with van der Waals surface area (Å²) in [6, 6.07) is 7.06. The van der Waals surface area contributed by atoms with E-state index >= 15 is 0 Å². The van der Waals surface area contributed by atoms with Crippen LogP contribution in [0, 0.1) is 0 Å². The fourth-order valence-electron chi connectivity index (χ4n) is 1.54. The van der Waals surface area contributed by atoms with Crippen molar-refractivity contribution in [3.8, 4) is 0 Å². The summed E-state index contributed by atoms with van der Waals surface area (Å²) in [4.78, 5) is 12.0. The van der Waals surface area contributed by atoms with Crippen LogP contribution < -0.4 is 11.1 Å². The molecule has 0 atom stereocenters. The van der Waals surface area contributed by atoms with E-state index in [9.17, 15) is 4.79 Å². The first-order chi connectivity index (χ1) is 9.06. The van der Waals surface area contributed by atoms with Crippen LogP contribution in [0.3, 0.4) is 0 Å². The van der Waals surface area contributed by atoms with Crippen LogP contribution in [0.2, 0.25) is 5.02 Å². The largest absolute Gasteiger partial charge is 0.389 e. The molecule has 2 aromatic rings. The van der Waals surface area contributed by atoms with E-state index in [1.165, 1.54) is 6.20 Å². The van der Waals surface area contributed by atoms with Gasteiger partial charge in [0.05, 0.1) is 18.2 Å². The van der Waals surface area contributed by atoms with Crippen LogP contribution in [0.1, 0.15) is 11.1 Å². The van der Waals surface area contributed by atoms with Gasteiger partial charge in [-0.1, -0.05) is 36.0 Å². The second kappa shape index (κ2) is 5.81. The Morgan fingerprint density at radius 1 is 1.42 bits per heavy atom. The zero-order valence-corrected chi connectivity index (χ0v) is 11.4. The second-order valence-electron chi connectivity index (χ2n) is 3.87. The number of hydrogen-bond acceptors (Lipinski definition) is 3. The van der Waals surface area contributed by atoms with E-state index in [4.69, 9.17) is 29.6 Å². The lowest BCUT2D eigenvalue weighted by Crippen LogP contribution is -2.18. The van der Waals surface area contributed by atoms with Crippen LogP contribution in [0.15, 0.2) is 30.5 Å². The number of carbonyl (C=O) groups is 1. The maximum Gasteiger partial charge on any atom is 0.229 e. The zero-order chi connectivity index (χ0) is 13.8. The van der Waals surface area contributed by atoms with Crippen molar-refractivity contribution in [1.29, 1.82) is 0 Å². The molecular formula is C12H11ClN4OS. The molecule has 0 fully saturated rings. The third-order valence-electron chi connectivity index (χ3n) is 2.45. The maximum absolute atomic E-state index is 11.9. The van der Waals surface area contributed by atoms with Crippen molar-refractivity contribution in [2.24, 2.45) is 5.73 Å². The molecule has 19 heavy (non-hydrogen) atoms. The Hall–Kier alpha value is -1.92. The Kier molecular flexibility index (Phi) is 4.13. The summed E-state index contributed by atoms with van der Waals surface area (Å²) in [5, 5.41) is 9.74. The van der Waals surface area contributed by atoms with E-state index in [0.717, 1.165) is 5.56 Å². The highest BCUT2D eigenvalue weighted by atomic mass is 35.5. The number of rotatable bonds is 4. The van der Waals surface area contributed by atoms with Gasteiger partial charge in [0.2, 0.25) is 5.91 Å². The number of benzene rings is 1. The van der Waals surface area contributed by atoms with E-state index in [-0.39, 0.29) is 17.3 Å². The molecule has 0 bridgehead atoms. The van der Waals surface area contributed by atoms with E-state index < -0.39 is 0 Å². The quantitative estimate of drug-likeness (QED) is 0.752. The summed E-state index contributed by atoms with van der Waals surface area (Å²) in [6.45, 7) is 0. The number of halogens is 1. The Morgan fingerprint density at radius 2 is 2.11 bits per heavy atom. The van der Waals surface area contributed by atoms with Crippen LogP contribution in [0.4, 0.5) is 5.82 Å². The monoisotopic (exact) mass is 294 g/mol. The summed E-state index contributed by atoms with van der Waals surface area (Å²) in [6.07, 6.45) is 1.70. The predicted molar refractivity (Wildman–Crippen MR) is 78.3 cm³/mol. The van der Waals surface area contributed by atoms with Crippen LogP contribution in [0.5, 0.6) is 0 Å². The van der Waals surface area contributed by atoms with Crippen LogP contribution >= 0.6 is 23.8 Å². The summed E-state index contributed by atoms with van der Waals surface area (Å²) >= 11 is 10.6. The highest BCUT2D eigenvalue weighted by Crippen LogP contribution is 2.13. The van der Waals surface area contributed by atoms with Crippen molar-refractivity contribution in [2.75, 3.05) is 5.32 Å². The molecule has 1 amide bonds. The predicted octanol–water partition coefficient (Wildman–Crippen LogP) is 1.88. The standard InChI is InChI=1S/C12H11ClN4OS/c13-8-3-1-7(2-4-8)5-10(18)16-12-9(11(14)19)6-15-17-12/h1-4,6H,5H2,(H2,14,19)(H2,15,16,17,18). The molecule has 1 aromatic carbocycles. The van der Waals surface area contributed by atoms with Crippen LogP contribution in [0.25, 0.3) is 0 Å². The van der Waals surface area contributed by atoms with Gasteiger partial charge in [-0.3, -0.25) is 9.89 Å². The van der Waals surface area contributed by atoms with E-state index in [1.807, 2.05) is 0 Å². The number of nitrogens with zero attached hydrogens (tertiary/aromatic N) is 1. The lowest BCUT2D eigenvalue weighted by atomic mass is 10.1. The minimum absolute atomic E-state index is 0.176. The number of carbonyl (C=O) groups excluding carboxylic acids is 1. The summed E-state index contributed by atoms with van der Waals surface area (Å²) in [5.74, 6) is 0.218. The third-order valence-corrected chi connectivity index (χ3v) is 2.92. The molecule has 0 unspecified atom stereocenters. The summed E-state index contributed by atoms with van der Waals surface area (Å²) in [5.41, 5.74) is 6.88. The first-order valence-electron chi connectivity index (χ1n) is 5.43. The first-order valence-corrected chi connectivity index (χ1v) is 6.22. The lowest BCUT2D eigenvalue weighted by molar-refractivity contribution is -0.115. The Morgan fingerprint density at radius 3 is 2.74 bits per heavy atom. The van der Waals surface area contributed by atoms with E-state index in [1.54, 1.807) is 24.3 Å². The van der Waals surface area contributed by atoms with Crippen molar-refractivity contribution in [3.05, 3.63) is 46.6 Å². The number of thiocarbonyl (C=S) groups is 1. The molecule has 0 aliphatic carbocycles. The minimum Gasteiger partial charge on any atom is -0.389 e. The van der Waals surface area contributed by atoms with Gasteiger partial charge in [-0.2, -0.15) is 5.10 Å². The topological polar surface area (TPSA) is 83.8 Å². The highest BCUT2D eigenvalue weighted by molar-refractivity contribution is 7.80. The number of anilines is 1. The molecule has 0 aliphatic rings. The molecule has 4 N–H and O–H groups in total. The molecule has 1 aromatic heterocycles. The molecule has 98 valence electrons. The molecule has 0 saturated carbocycles. The number of nitrogens with two attached hydrogens (primary N) is 1. The van der Waals surface area contributed by atoms with Crippen LogP contribution in [-0.4, -0.2) is 21.1 Å². The highest BCUT2D eigenvalue weighted by Gasteiger charge is 2.11. The Balaban J connectivity index is 2.03. The Labute approximate surface area is 120 Å². The molecule has 0 radical (unpaired) electrons. The van der Waals surface area contributed by atoms with E-state index in [0.29, 0.717) is 16.4 Å². The molecule has 0 aliphatic heterocycles. The van der Waals surface area contributed by atoms with Gasteiger partial charge in [-0.05, 0) is 17.7 Å². The van der Waals surface area contributed by atoms with Gasteiger partial charge in [0.15, 0.2) is 0 Å². The maximum atomic E-state index is 11.9. The average molecular weight is 295 g/mol. The number of hydrogen-bond donors (Lipinski definition) is 3. The molecule has 2 rings (SSSR count). The summed E-state index contributed by atoms with van der Waals surface area (Å²) in [7, 11) is 0. The molecule has 1 heterocycles. The molecular weight excluding hydrogens is 284 g/mol. The van der Waals surface area contributed by atoms with Gasteiger partial charge >= 0.3 is 0 Å². The molecule has 5 nitrogen and oxygen atoms in total. The van der Waals surface area contributed by atoms with Gasteiger partial charge in [0, 0.05) is 5.02 Å². The van der Waals surface area contributed by atoms with Gasteiger partial charge in [-0.15, -0.1) is 0 Å². The van der Waals surface area contributed by atoms with Gasteiger partial charge < -0.3 is 11.1 Å². The number of amides is 1. The zero-order valence-electron chi connectivity index (χ0n) is 9.81.